The van der Waals surface area contributed by atoms with E-state index in [1.165, 1.54) is 0 Å². The second kappa shape index (κ2) is 3.24. The summed E-state index contributed by atoms with van der Waals surface area (Å²) in [7, 11) is 2.01. The first kappa shape index (κ1) is 8.91. The first-order valence-corrected chi connectivity index (χ1v) is 4.87. The van der Waals surface area contributed by atoms with Crippen molar-refractivity contribution in [2.24, 2.45) is 0 Å². The molecular weight excluding hydrogens is 182 g/mol. The SMILES string of the molecule is CC1Oc2ccccc2C(S)N1C. The van der Waals surface area contributed by atoms with Crippen molar-refractivity contribution >= 4 is 12.6 Å². The Bertz CT molecular complexity index is 316. The standard InChI is InChI=1S/C10H13NOS/c1-7-11(2)10(13)8-5-3-4-6-9(8)12-7/h3-7,10,13H,1-2H3. The molecule has 0 bridgehead atoms. The number of hydrogen-bond acceptors (Lipinski definition) is 3. The molecule has 1 aromatic carbocycles. The first-order valence-electron chi connectivity index (χ1n) is 4.36. The van der Waals surface area contributed by atoms with E-state index in [9.17, 15) is 0 Å². The summed E-state index contributed by atoms with van der Waals surface area (Å²) in [5, 5.41) is 0.139. The van der Waals surface area contributed by atoms with E-state index >= 15 is 0 Å². The Labute approximate surface area is 83.9 Å². The van der Waals surface area contributed by atoms with E-state index in [-0.39, 0.29) is 11.6 Å². The van der Waals surface area contributed by atoms with Crippen molar-refractivity contribution in [1.29, 1.82) is 0 Å². The zero-order valence-corrected chi connectivity index (χ0v) is 8.66. The zero-order valence-electron chi connectivity index (χ0n) is 7.77. The molecule has 0 aromatic heterocycles. The largest absolute Gasteiger partial charge is 0.475 e. The number of ether oxygens (including phenoxy) is 1. The van der Waals surface area contributed by atoms with Gasteiger partial charge in [-0.25, -0.2) is 0 Å². The van der Waals surface area contributed by atoms with Crippen molar-refractivity contribution < 1.29 is 4.74 Å². The lowest BCUT2D eigenvalue weighted by Gasteiger charge is -2.36. The van der Waals surface area contributed by atoms with Crippen molar-refractivity contribution in [1.82, 2.24) is 4.90 Å². The lowest BCUT2D eigenvalue weighted by Crippen LogP contribution is -2.38. The van der Waals surface area contributed by atoms with Gasteiger partial charge in [0.05, 0.1) is 5.37 Å². The van der Waals surface area contributed by atoms with E-state index in [1.54, 1.807) is 0 Å². The highest BCUT2D eigenvalue weighted by Crippen LogP contribution is 2.37. The molecule has 0 spiro atoms. The van der Waals surface area contributed by atoms with Gasteiger partial charge in [0.15, 0.2) is 6.23 Å². The molecule has 0 fully saturated rings. The summed E-state index contributed by atoms with van der Waals surface area (Å²) in [6.07, 6.45) is 0.0948. The maximum absolute atomic E-state index is 5.69. The minimum atomic E-state index is 0.0948. The van der Waals surface area contributed by atoms with E-state index in [1.807, 2.05) is 32.2 Å². The molecule has 0 aliphatic carbocycles. The van der Waals surface area contributed by atoms with Crippen LogP contribution < -0.4 is 4.74 Å². The predicted octanol–water partition coefficient (Wildman–Crippen LogP) is 2.29. The third-order valence-electron chi connectivity index (χ3n) is 2.45. The van der Waals surface area contributed by atoms with Gasteiger partial charge in [-0.15, -0.1) is 0 Å². The summed E-state index contributed by atoms with van der Waals surface area (Å²) in [6, 6.07) is 8.03. The van der Waals surface area contributed by atoms with Crippen molar-refractivity contribution in [2.45, 2.75) is 18.5 Å². The minimum absolute atomic E-state index is 0.0948. The Morgan fingerprint density at radius 3 is 2.85 bits per heavy atom. The quantitative estimate of drug-likeness (QED) is 0.638. The van der Waals surface area contributed by atoms with Crippen LogP contribution in [0.1, 0.15) is 17.9 Å². The molecule has 1 aromatic rings. The highest BCUT2D eigenvalue weighted by Gasteiger charge is 2.27. The van der Waals surface area contributed by atoms with Gasteiger partial charge in [-0.05, 0) is 20.0 Å². The smallest absolute Gasteiger partial charge is 0.150 e. The summed E-state index contributed by atoms with van der Waals surface area (Å²) in [4.78, 5) is 2.09. The number of nitrogens with zero attached hydrogens (tertiary/aromatic N) is 1. The normalized spacial score (nSPS) is 27.9. The van der Waals surface area contributed by atoms with Crippen LogP contribution in [-0.4, -0.2) is 18.2 Å². The molecule has 0 saturated carbocycles. The maximum Gasteiger partial charge on any atom is 0.150 e. The second-order valence-corrected chi connectivity index (χ2v) is 3.78. The van der Waals surface area contributed by atoms with Gasteiger partial charge in [0.1, 0.15) is 5.75 Å². The Morgan fingerprint density at radius 2 is 2.08 bits per heavy atom. The number of fused-ring (bicyclic) bond motifs is 1. The molecular formula is C10H13NOS. The molecule has 0 N–H and O–H groups in total. The van der Waals surface area contributed by atoms with Gasteiger partial charge in [-0.2, -0.15) is 12.6 Å². The van der Waals surface area contributed by atoms with Gasteiger partial charge < -0.3 is 4.74 Å². The van der Waals surface area contributed by atoms with Gasteiger partial charge in [0.2, 0.25) is 0 Å². The highest BCUT2D eigenvalue weighted by molar-refractivity contribution is 7.80. The minimum Gasteiger partial charge on any atom is -0.475 e. The van der Waals surface area contributed by atoms with Crippen LogP contribution >= 0.6 is 12.6 Å². The van der Waals surface area contributed by atoms with E-state index in [0.29, 0.717) is 0 Å². The molecule has 1 aliphatic rings. The molecule has 1 aliphatic heterocycles. The average molecular weight is 195 g/mol. The van der Waals surface area contributed by atoms with Crippen LogP contribution in [-0.2, 0) is 0 Å². The molecule has 2 rings (SSSR count). The summed E-state index contributed by atoms with van der Waals surface area (Å²) in [5.41, 5.74) is 1.14. The van der Waals surface area contributed by atoms with E-state index in [4.69, 9.17) is 4.74 Å². The van der Waals surface area contributed by atoms with E-state index < -0.39 is 0 Å². The van der Waals surface area contributed by atoms with Gasteiger partial charge in [0.25, 0.3) is 0 Å². The van der Waals surface area contributed by atoms with Crippen LogP contribution in [0.15, 0.2) is 24.3 Å². The number of hydrogen-bond donors (Lipinski definition) is 1. The van der Waals surface area contributed by atoms with Crippen LogP contribution in [0, 0.1) is 0 Å². The van der Waals surface area contributed by atoms with Crippen molar-refractivity contribution in [2.75, 3.05) is 7.05 Å². The van der Waals surface area contributed by atoms with Crippen LogP contribution in [0.25, 0.3) is 0 Å². The maximum atomic E-state index is 5.69. The lowest BCUT2D eigenvalue weighted by atomic mass is 10.1. The topological polar surface area (TPSA) is 12.5 Å². The highest BCUT2D eigenvalue weighted by atomic mass is 32.1. The lowest BCUT2D eigenvalue weighted by molar-refractivity contribution is 0.0315. The van der Waals surface area contributed by atoms with Gasteiger partial charge in [-0.1, -0.05) is 18.2 Å². The molecule has 1 heterocycles. The Balaban J connectivity index is 2.43. The molecule has 2 nitrogen and oxygen atoms in total. The number of benzene rings is 1. The van der Waals surface area contributed by atoms with Crippen LogP contribution in [0.5, 0.6) is 5.75 Å². The Hall–Kier alpha value is -0.670. The first-order chi connectivity index (χ1) is 6.20. The number of rotatable bonds is 0. The van der Waals surface area contributed by atoms with Crippen LogP contribution in [0.4, 0.5) is 0 Å². The van der Waals surface area contributed by atoms with E-state index in [0.717, 1.165) is 11.3 Å². The van der Waals surface area contributed by atoms with E-state index in [2.05, 4.69) is 23.6 Å². The van der Waals surface area contributed by atoms with Gasteiger partial charge >= 0.3 is 0 Å². The predicted molar refractivity (Wildman–Crippen MR) is 56.0 cm³/mol. The van der Waals surface area contributed by atoms with Gasteiger partial charge in [-0.3, -0.25) is 4.90 Å². The molecule has 70 valence electrons. The average Bonchev–Trinajstić information content (AvgIpc) is 2.15. The summed E-state index contributed by atoms with van der Waals surface area (Å²) >= 11 is 4.54. The summed E-state index contributed by atoms with van der Waals surface area (Å²) in [6.45, 7) is 2.03. The summed E-state index contributed by atoms with van der Waals surface area (Å²) < 4.78 is 5.69. The van der Waals surface area contributed by atoms with Crippen LogP contribution in [0.2, 0.25) is 0 Å². The molecule has 2 atom stereocenters. The second-order valence-electron chi connectivity index (χ2n) is 3.29. The molecule has 0 saturated heterocycles. The molecule has 3 heteroatoms. The van der Waals surface area contributed by atoms with Crippen molar-refractivity contribution in [3.8, 4) is 5.75 Å². The van der Waals surface area contributed by atoms with Crippen molar-refractivity contribution in [3.05, 3.63) is 29.8 Å². The van der Waals surface area contributed by atoms with Crippen molar-refractivity contribution in [3.63, 3.8) is 0 Å². The third-order valence-corrected chi connectivity index (χ3v) is 3.10. The number of para-hydroxylation sites is 1. The fourth-order valence-corrected chi connectivity index (χ4v) is 1.89. The fourth-order valence-electron chi connectivity index (χ4n) is 1.49. The number of thiol groups is 1. The molecule has 0 radical (unpaired) electrons. The summed E-state index contributed by atoms with van der Waals surface area (Å²) in [5.74, 6) is 0.952. The van der Waals surface area contributed by atoms with Gasteiger partial charge in [0, 0.05) is 5.56 Å². The molecule has 2 unspecified atom stereocenters. The zero-order chi connectivity index (χ0) is 9.42. The Morgan fingerprint density at radius 1 is 1.38 bits per heavy atom. The Kier molecular flexibility index (Phi) is 2.22. The monoisotopic (exact) mass is 195 g/mol. The molecule has 13 heavy (non-hydrogen) atoms. The van der Waals surface area contributed by atoms with Crippen LogP contribution in [0.3, 0.4) is 0 Å². The third kappa shape index (κ3) is 1.42. The fraction of sp³-hybridized carbons (Fsp3) is 0.400. The molecule has 0 amide bonds.